The fraction of sp³-hybridized carbons (Fsp3) is 0.500. The van der Waals surface area contributed by atoms with Gasteiger partial charge in [-0.3, -0.25) is 4.98 Å². The Hall–Kier alpha value is -1.16. The van der Waals surface area contributed by atoms with Gasteiger partial charge in [0, 0.05) is 12.4 Å². The van der Waals surface area contributed by atoms with E-state index < -0.39 is 0 Å². The summed E-state index contributed by atoms with van der Waals surface area (Å²) in [5, 5.41) is 8.85. The highest BCUT2D eigenvalue weighted by Crippen LogP contribution is 2.12. The average Bonchev–Trinajstić information content (AvgIpc) is 2.04. The average molecular weight is 168 g/mol. The summed E-state index contributed by atoms with van der Waals surface area (Å²) < 4.78 is 5.30. The molecule has 1 rings (SSSR count). The molecule has 0 spiro atoms. The van der Waals surface area contributed by atoms with Crippen LogP contribution in [-0.4, -0.2) is 21.2 Å². The molecule has 0 fully saturated rings. The molecule has 0 aliphatic carbocycles. The molecule has 12 heavy (non-hydrogen) atoms. The van der Waals surface area contributed by atoms with Crippen LogP contribution < -0.4 is 4.74 Å². The molecule has 0 bridgehead atoms. The first kappa shape index (κ1) is 8.93. The SMILES string of the molecule is CC(C)Oc1nccnc1CO. The molecule has 0 radical (unpaired) electrons. The molecule has 0 saturated carbocycles. The molecule has 0 unspecified atom stereocenters. The molecule has 4 nitrogen and oxygen atoms in total. The maximum atomic E-state index is 8.85. The summed E-state index contributed by atoms with van der Waals surface area (Å²) in [5.41, 5.74) is 0.478. The zero-order valence-corrected chi connectivity index (χ0v) is 7.19. The molecule has 0 amide bonds. The predicted octanol–water partition coefficient (Wildman–Crippen LogP) is 0.756. The van der Waals surface area contributed by atoms with Crippen LogP contribution in [0, 0.1) is 0 Å². The Morgan fingerprint density at radius 3 is 2.67 bits per heavy atom. The Kier molecular flexibility index (Phi) is 2.99. The summed E-state index contributed by atoms with van der Waals surface area (Å²) in [5.74, 6) is 0.412. The van der Waals surface area contributed by atoms with Gasteiger partial charge in [-0.15, -0.1) is 0 Å². The lowest BCUT2D eigenvalue weighted by atomic mass is 10.4. The Bertz CT molecular complexity index is 251. The molecular formula is C8H12N2O2. The van der Waals surface area contributed by atoms with E-state index in [-0.39, 0.29) is 12.7 Å². The van der Waals surface area contributed by atoms with Gasteiger partial charge in [-0.2, -0.15) is 0 Å². The van der Waals surface area contributed by atoms with E-state index >= 15 is 0 Å². The second kappa shape index (κ2) is 4.01. The van der Waals surface area contributed by atoms with Gasteiger partial charge < -0.3 is 9.84 Å². The van der Waals surface area contributed by atoms with Crippen LogP contribution in [0.15, 0.2) is 12.4 Å². The van der Waals surface area contributed by atoms with E-state index in [9.17, 15) is 0 Å². The van der Waals surface area contributed by atoms with E-state index in [0.717, 1.165) is 0 Å². The predicted molar refractivity (Wildman–Crippen MR) is 43.7 cm³/mol. The minimum Gasteiger partial charge on any atom is -0.474 e. The smallest absolute Gasteiger partial charge is 0.238 e. The molecule has 1 N–H and O–H groups in total. The molecule has 0 atom stereocenters. The largest absolute Gasteiger partial charge is 0.474 e. The van der Waals surface area contributed by atoms with Crippen molar-refractivity contribution in [2.75, 3.05) is 0 Å². The molecule has 0 saturated heterocycles. The van der Waals surface area contributed by atoms with Crippen LogP contribution in [0.2, 0.25) is 0 Å². The van der Waals surface area contributed by atoms with E-state index in [0.29, 0.717) is 11.6 Å². The van der Waals surface area contributed by atoms with Crippen LogP contribution in [0.3, 0.4) is 0 Å². The van der Waals surface area contributed by atoms with Gasteiger partial charge >= 0.3 is 0 Å². The highest BCUT2D eigenvalue weighted by Gasteiger charge is 2.05. The van der Waals surface area contributed by atoms with Crippen LogP contribution >= 0.6 is 0 Å². The van der Waals surface area contributed by atoms with Crippen LogP contribution in [0.5, 0.6) is 5.88 Å². The van der Waals surface area contributed by atoms with Gasteiger partial charge in [0.2, 0.25) is 5.88 Å². The first-order valence-electron chi connectivity index (χ1n) is 3.81. The summed E-state index contributed by atoms with van der Waals surface area (Å²) in [7, 11) is 0. The molecule has 0 aromatic carbocycles. The normalized spacial score (nSPS) is 10.3. The second-order valence-electron chi connectivity index (χ2n) is 2.63. The summed E-state index contributed by atoms with van der Waals surface area (Å²) in [6.07, 6.45) is 3.11. The molecule has 4 heteroatoms. The first-order chi connectivity index (χ1) is 5.74. The monoisotopic (exact) mass is 168 g/mol. The van der Waals surface area contributed by atoms with Crippen molar-refractivity contribution in [2.24, 2.45) is 0 Å². The standard InChI is InChI=1S/C8H12N2O2/c1-6(2)12-8-7(5-11)9-3-4-10-8/h3-4,6,11H,5H2,1-2H3. The van der Waals surface area contributed by atoms with Crippen molar-refractivity contribution in [1.82, 2.24) is 9.97 Å². The van der Waals surface area contributed by atoms with E-state index in [2.05, 4.69) is 9.97 Å². The van der Waals surface area contributed by atoms with Gasteiger partial charge in [-0.1, -0.05) is 0 Å². The number of aliphatic hydroxyl groups is 1. The minimum absolute atomic E-state index is 0.0481. The lowest BCUT2D eigenvalue weighted by Crippen LogP contribution is -2.09. The van der Waals surface area contributed by atoms with Gasteiger partial charge in [0.05, 0.1) is 12.7 Å². The minimum atomic E-state index is -0.143. The van der Waals surface area contributed by atoms with Gasteiger partial charge in [-0.25, -0.2) is 4.98 Å². The van der Waals surface area contributed by atoms with E-state index in [4.69, 9.17) is 9.84 Å². The van der Waals surface area contributed by atoms with Crippen LogP contribution in [0.25, 0.3) is 0 Å². The third-order valence-corrected chi connectivity index (χ3v) is 1.23. The van der Waals surface area contributed by atoms with Crippen molar-refractivity contribution in [3.63, 3.8) is 0 Å². The van der Waals surface area contributed by atoms with Crippen molar-refractivity contribution in [3.8, 4) is 5.88 Å². The maximum Gasteiger partial charge on any atom is 0.238 e. The Morgan fingerprint density at radius 1 is 1.42 bits per heavy atom. The topological polar surface area (TPSA) is 55.2 Å². The quantitative estimate of drug-likeness (QED) is 0.723. The van der Waals surface area contributed by atoms with Crippen LogP contribution in [0.1, 0.15) is 19.5 Å². The molecule has 1 aromatic rings. The summed E-state index contributed by atoms with van der Waals surface area (Å²) in [6.45, 7) is 3.65. The van der Waals surface area contributed by atoms with E-state index in [1.807, 2.05) is 13.8 Å². The lowest BCUT2D eigenvalue weighted by Gasteiger charge is -2.09. The highest BCUT2D eigenvalue weighted by molar-refractivity contribution is 5.16. The highest BCUT2D eigenvalue weighted by atomic mass is 16.5. The summed E-state index contributed by atoms with van der Waals surface area (Å²) in [6, 6.07) is 0. The van der Waals surface area contributed by atoms with Crippen LogP contribution in [0.4, 0.5) is 0 Å². The molecular weight excluding hydrogens is 156 g/mol. The number of ether oxygens (including phenoxy) is 1. The zero-order valence-electron chi connectivity index (χ0n) is 7.19. The van der Waals surface area contributed by atoms with E-state index in [1.165, 1.54) is 12.4 Å². The van der Waals surface area contributed by atoms with Crippen LogP contribution in [-0.2, 0) is 6.61 Å². The lowest BCUT2D eigenvalue weighted by molar-refractivity contribution is 0.213. The molecule has 0 aliphatic rings. The number of aliphatic hydroxyl groups excluding tert-OH is 1. The third-order valence-electron chi connectivity index (χ3n) is 1.23. The number of hydrogen-bond donors (Lipinski definition) is 1. The van der Waals surface area contributed by atoms with Gasteiger partial charge in [0.25, 0.3) is 0 Å². The number of aromatic nitrogens is 2. The van der Waals surface area contributed by atoms with Crippen molar-refractivity contribution in [1.29, 1.82) is 0 Å². The van der Waals surface area contributed by atoms with Crippen molar-refractivity contribution in [3.05, 3.63) is 18.1 Å². The van der Waals surface area contributed by atoms with Gasteiger partial charge in [-0.05, 0) is 13.8 Å². The van der Waals surface area contributed by atoms with Gasteiger partial charge in [0.1, 0.15) is 5.69 Å². The van der Waals surface area contributed by atoms with Crippen molar-refractivity contribution < 1.29 is 9.84 Å². The van der Waals surface area contributed by atoms with E-state index in [1.54, 1.807) is 0 Å². The Morgan fingerprint density at radius 2 is 2.08 bits per heavy atom. The fourth-order valence-electron chi connectivity index (χ4n) is 0.784. The molecule has 1 aromatic heterocycles. The zero-order chi connectivity index (χ0) is 8.97. The van der Waals surface area contributed by atoms with Crippen molar-refractivity contribution >= 4 is 0 Å². The molecule has 1 heterocycles. The Balaban J connectivity index is 2.82. The summed E-state index contributed by atoms with van der Waals surface area (Å²) in [4.78, 5) is 7.86. The number of nitrogens with zero attached hydrogens (tertiary/aromatic N) is 2. The number of rotatable bonds is 3. The van der Waals surface area contributed by atoms with Crippen molar-refractivity contribution in [2.45, 2.75) is 26.6 Å². The molecule has 0 aliphatic heterocycles. The molecule has 66 valence electrons. The third kappa shape index (κ3) is 2.17. The first-order valence-corrected chi connectivity index (χ1v) is 3.81. The fourth-order valence-corrected chi connectivity index (χ4v) is 0.784. The summed E-state index contributed by atoms with van der Waals surface area (Å²) >= 11 is 0. The second-order valence-corrected chi connectivity index (χ2v) is 2.63. The van der Waals surface area contributed by atoms with Gasteiger partial charge in [0.15, 0.2) is 0 Å². The Labute approximate surface area is 71.2 Å². The number of hydrogen-bond acceptors (Lipinski definition) is 4. The maximum absolute atomic E-state index is 8.85.